The molecule has 0 radical (unpaired) electrons. The zero-order valence-corrected chi connectivity index (χ0v) is 7.78. The van der Waals surface area contributed by atoms with Crippen LogP contribution in [0.15, 0.2) is 30.9 Å². The second kappa shape index (κ2) is 3.90. The monoisotopic (exact) mass is 162 g/mol. The zero-order valence-electron chi connectivity index (χ0n) is 7.78. The molecular weight excluding hydrogens is 148 g/mol. The van der Waals surface area contributed by atoms with E-state index in [1.54, 1.807) is 6.33 Å². The van der Waals surface area contributed by atoms with Gasteiger partial charge in [0.25, 0.3) is 0 Å². The second-order valence-electron chi connectivity index (χ2n) is 2.43. The molecule has 2 heteroatoms. The third kappa shape index (κ3) is 1.64. The van der Waals surface area contributed by atoms with Crippen LogP contribution >= 0.6 is 0 Å². The average molecular weight is 162 g/mol. The molecule has 2 nitrogen and oxygen atoms in total. The molecule has 0 aromatic carbocycles. The van der Waals surface area contributed by atoms with Gasteiger partial charge in [0.1, 0.15) is 0 Å². The molecule has 64 valence electrons. The Labute approximate surface area is 72.9 Å². The van der Waals surface area contributed by atoms with Gasteiger partial charge in [-0.15, -0.1) is 0 Å². The van der Waals surface area contributed by atoms with Crippen LogP contribution in [0.2, 0.25) is 0 Å². The van der Waals surface area contributed by atoms with E-state index in [0.29, 0.717) is 0 Å². The van der Waals surface area contributed by atoms with E-state index in [0.717, 1.165) is 5.52 Å². The standard InChI is InChI=1S/C8H8N2.C2H6/c1-7-2-3-10-6-9-5-8(10)4-7;1-2/h2-6H,1H3;1-2H3. The Morgan fingerprint density at radius 2 is 2.08 bits per heavy atom. The zero-order chi connectivity index (χ0) is 8.97. The van der Waals surface area contributed by atoms with Crippen LogP contribution in [-0.2, 0) is 0 Å². The lowest BCUT2D eigenvalue weighted by atomic mass is 10.3. The van der Waals surface area contributed by atoms with Crippen LogP contribution in [0.5, 0.6) is 0 Å². The van der Waals surface area contributed by atoms with Crippen LogP contribution < -0.4 is 0 Å². The topological polar surface area (TPSA) is 17.3 Å². The van der Waals surface area contributed by atoms with Crippen molar-refractivity contribution >= 4 is 5.52 Å². The summed E-state index contributed by atoms with van der Waals surface area (Å²) in [6.45, 7) is 6.08. The van der Waals surface area contributed by atoms with Crippen molar-refractivity contribution < 1.29 is 0 Å². The Hall–Kier alpha value is -1.31. The van der Waals surface area contributed by atoms with Crippen LogP contribution in [0.25, 0.3) is 5.52 Å². The van der Waals surface area contributed by atoms with Gasteiger partial charge in [-0.2, -0.15) is 0 Å². The third-order valence-electron chi connectivity index (χ3n) is 1.57. The molecule has 0 unspecified atom stereocenters. The first-order valence-electron chi connectivity index (χ1n) is 4.24. The van der Waals surface area contributed by atoms with E-state index < -0.39 is 0 Å². The molecule has 0 fully saturated rings. The summed E-state index contributed by atoms with van der Waals surface area (Å²) in [4.78, 5) is 4.01. The number of imidazole rings is 1. The van der Waals surface area contributed by atoms with Crippen LogP contribution in [0.3, 0.4) is 0 Å². The molecule has 0 spiro atoms. The van der Waals surface area contributed by atoms with Crippen LogP contribution in [-0.4, -0.2) is 9.38 Å². The van der Waals surface area contributed by atoms with Crippen molar-refractivity contribution in [3.63, 3.8) is 0 Å². The molecule has 0 saturated heterocycles. The lowest BCUT2D eigenvalue weighted by molar-refractivity contribution is 1.14. The Morgan fingerprint density at radius 1 is 1.33 bits per heavy atom. The maximum atomic E-state index is 4.01. The highest BCUT2D eigenvalue weighted by Gasteiger charge is 1.89. The van der Waals surface area contributed by atoms with E-state index in [1.807, 2.05) is 30.6 Å². The molecule has 0 amide bonds. The van der Waals surface area contributed by atoms with Gasteiger partial charge < -0.3 is 4.40 Å². The Kier molecular flexibility index (Phi) is 2.86. The lowest BCUT2D eigenvalue weighted by Crippen LogP contribution is -1.80. The predicted molar refractivity (Wildman–Crippen MR) is 51.3 cm³/mol. The van der Waals surface area contributed by atoms with Gasteiger partial charge in [-0.3, -0.25) is 0 Å². The van der Waals surface area contributed by atoms with Gasteiger partial charge in [0.2, 0.25) is 0 Å². The first-order valence-corrected chi connectivity index (χ1v) is 4.24. The molecular formula is C10H14N2. The summed E-state index contributed by atoms with van der Waals surface area (Å²) in [6.07, 6.45) is 5.67. The van der Waals surface area contributed by atoms with Crippen molar-refractivity contribution in [1.82, 2.24) is 9.38 Å². The number of rotatable bonds is 0. The first-order chi connectivity index (χ1) is 5.86. The number of aryl methyl sites for hydroxylation is 1. The molecule has 2 rings (SSSR count). The minimum atomic E-state index is 1.15. The van der Waals surface area contributed by atoms with Crippen LogP contribution in [0, 0.1) is 6.92 Å². The van der Waals surface area contributed by atoms with E-state index in [9.17, 15) is 0 Å². The summed E-state index contributed by atoms with van der Waals surface area (Å²) in [5, 5.41) is 0. The van der Waals surface area contributed by atoms with E-state index in [1.165, 1.54) is 5.56 Å². The summed E-state index contributed by atoms with van der Waals surface area (Å²) in [6, 6.07) is 4.17. The molecule has 0 aliphatic rings. The fourth-order valence-corrected chi connectivity index (χ4v) is 1.03. The van der Waals surface area contributed by atoms with Crippen LogP contribution in [0.1, 0.15) is 19.4 Å². The maximum absolute atomic E-state index is 4.01. The van der Waals surface area contributed by atoms with E-state index in [-0.39, 0.29) is 0 Å². The summed E-state index contributed by atoms with van der Waals surface area (Å²) in [5.41, 5.74) is 2.42. The van der Waals surface area contributed by atoms with Crippen LogP contribution in [0.4, 0.5) is 0 Å². The number of aromatic nitrogens is 2. The summed E-state index contributed by atoms with van der Waals surface area (Å²) in [7, 11) is 0. The highest BCUT2D eigenvalue weighted by molar-refractivity contribution is 5.46. The quantitative estimate of drug-likeness (QED) is 0.582. The molecule has 2 aromatic rings. The molecule has 0 saturated carbocycles. The average Bonchev–Trinajstić information content (AvgIpc) is 2.54. The van der Waals surface area contributed by atoms with Crippen molar-refractivity contribution in [2.24, 2.45) is 0 Å². The number of hydrogen-bond acceptors (Lipinski definition) is 1. The minimum absolute atomic E-state index is 1.15. The van der Waals surface area contributed by atoms with Crippen molar-refractivity contribution in [3.05, 3.63) is 36.4 Å². The van der Waals surface area contributed by atoms with Gasteiger partial charge in [-0.1, -0.05) is 13.8 Å². The second-order valence-corrected chi connectivity index (χ2v) is 2.43. The smallest absolute Gasteiger partial charge is 0.0991 e. The fraction of sp³-hybridized carbons (Fsp3) is 0.300. The Bertz CT molecular complexity index is 349. The normalized spacial score (nSPS) is 9.25. The van der Waals surface area contributed by atoms with Gasteiger partial charge in [0.15, 0.2) is 0 Å². The first kappa shape index (κ1) is 8.78. The summed E-state index contributed by atoms with van der Waals surface area (Å²) in [5.74, 6) is 0. The third-order valence-corrected chi connectivity index (χ3v) is 1.57. The minimum Gasteiger partial charge on any atom is -0.306 e. The SMILES string of the molecule is CC.Cc1ccn2cncc2c1. The molecule has 0 atom stereocenters. The maximum Gasteiger partial charge on any atom is 0.0991 e. The van der Waals surface area contributed by atoms with Crippen molar-refractivity contribution in [2.75, 3.05) is 0 Å². The van der Waals surface area contributed by atoms with Gasteiger partial charge in [-0.05, 0) is 24.6 Å². The number of pyridine rings is 1. The predicted octanol–water partition coefficient (Wildman–Crippen LogP) is 2.67. The molecule has 2 aromatic heterocycles. The van der Waals surface area contributed by atoms with E-state index >= 15 is 0 Å². The Morgan fingerprint density at radius 3 is 2.83 bits per heavy atom. The summed E-state index contributed by atoms with van der Waals surface area (Å²) >= 11 is 0. The number of hydrogen-bond donors (Lipinski definition) is 0. The van der Waals surface area contributed by atoms with E-state index in [2.05, 4.69) is 24.0 Å². The lowest BCUT2D eigenvalue weighted by Gasteiger charge is -1.92. The molecule has 2 heterocycles. The Balaban J connectivity index is 0.000000336. The number of nitrogens with zero attached hydrogens (tertiary/aromatic N) is 2. The molecule has 0 bridgehead atoms. The molecule has 12 heavy (non-hydrogen) atoms. The van der Waals surface area contributed by atoms with Gasteiger partial charge in [0, 0.05) is 6.20 Å². The van der Waals surface area contributed by atoms with Crippen molar-refractivity contribution in [2.45, 2.75) is 20.8 Å². The molecule has 0 aliphatic carbocycles. The largest absolute Gasteiger partial charge is 0.306 e. The fourth-order valence-electron chi connectivity index (χ4n) is 1.03. The summed E-state index contributed by atoms with van der Waals surface area (Å²) < 4.78 is 1.99. The van der Waals surface area contributed by atoms with Gasteiger partial charge >= 0.3 is 0 Å². The van der Waals surface area contributed by atoms with Crippen molar-refractivity contribution in [3.8, 4) is 0 Å². The molecule has 0 N–H and O–H groups in total. The highest BCUT2D eigenvalue weighted by Crippen LogP contribution is 2.03. The highest BCUT2D eigenvalue weighted by atomic mass is 15.0. The van der Waals surface area contributed by atoms with E-state index in [4.69, 9.17) is 0 Å². The van der Waals surface area contributed by atoms with Crippen molar-refractivity contribution in [1.29, 1.82) is 0 Å². The molecule has 0 aliphatic heterocycles. The van der Waals surface area contributed by atoms with Gasteiger partial charge in [0.05, 0.1) is 18.0 Å². The number of fused-ring (bicyclic) bond motifs is 1. The van der Waals surface area contributed by atoms with Gasteiger partial charge in [-0.25, -0.2) is 4.98 Å².